The lowest BCUT2D eigenvalue weighted by Gasteiger charge is -2.22. The van der Waals surface area contributed by atoms with Crippen LogP contribution in [0, 0.1) is 0 Å². The summed E-state index contributed by atoms with van der Waals surface area (Å²) < 4.78 is 62.6. The van der Waals surface area contributed by atoms with E-state index in [2.05, 4.69) is 0 Å². The highest BCUT2D eigenvalue weighted by Gasteiger charge is 2.63. The van der Waals surface area contributed by atoms with Gasteiger partial charge >= 0.3 is 12.1 Å². The molecule has 0 aliphatic heterocycles. The Hall–Kier alpha value is -1.66. The van der Waals surface area contributed by atoms with Gasteiger partial charge in [-0.3, -0.25) is 4.79 Å². The van der Waals surface area contributed by atoms with Crippen LogP contribution in [0.2, 0.25) is 0 Å². The minimum absolute atomic E-state index is 0.429. The van der Waals surface area contributed by atoms with Crippen molar-refractivity contribution in [2.75, 3.05) is 18.0 Å². The fraction of sp³-hybridized carbons (Fsp3) is 0.462. The first-order valence-electron chi connectivity index (χ1n) is 5.99. The second-order valence-corrected chi connectivity index (χ2v) is 4.12. The lowest BCUT2D eigenvalue weighted by molar-refractivity contribution is -0.255. The van der Waals surface area contributed by atoms with Crippen LogP contribution in [0.15, 0.2) is 24.3 Å². The summed E-state index contributed by atoms with van der Waals surface area (Å²) in [5, 5.41) is 0. The summed E-state index contributed by atoms with van der Waals surface area (Å²) in [5.74, 6) is -7.62. The lowest BCUT2D eigenvalue weighted by Crippen LogP contribution is -2.44. The van der Waals surface area contributed by atoms with Crippen molar-refractivity contribution < 1.29 is 26.7 Å². The summed E-state index contributed by atoms with van der Waals surface area (Å²) in [4.78, 5) is 13.1. The Bertz CT molecular complexity index is 480. The van der Waals surface area contributed by atoms with Crippen LogP contribution < -0.4 is 4.90 Å². The van der Waals surface area contributed by atoms with Gasteiger partial charge in [0, 0.05) is 24.3 Å². The van der Waals surface area contributed by atoms with Crippen LogP contribution in [-0.2, 0) is 0 Å². The van der Waals surface area contributed by atoms with Crippen LogP contribution >= 0.6 is 0 Å². The normalized spacial score (nSPS) is 12.3. The maximum absolute atomic E-state index is 13.0. The number of carbonyl (C=O) groups excluding carboxylic acids is 1. The molecule has 112 valence electrons. The third kappa shape index (κ3) is 3.08. The average Bonchev–Trinajstić information content (AvgIpc) is 2.38. The van der Waals surface area contributed by atoms with Crippen LogP contribution in [0.5, 0.6) is 0 Å². The van der Waals surface area contributed by atoms with E-state index in [0.29, 0.717) is 18.8 Å². The Labute approximate surface area is 113 Å². The van der Waals surface area contributed by atoms with E-state index in [4.69, 9.17) is 0 Å². The maximum Gasteiger partial charge on any atom is 0.461 e. The topological polar surface area (TPSA) is 20.3 Å². The molecule has 0 saturated carbocycles. The van der Waals surface area contributed by atoms with Crippen LogP contribution in [0.3, 0.4) is 0 Å². The zero-order chi connectivity index (χ0) is 15.6. The van der Waals surface area contributed by atoms with Crippen molar-refractivity contribution >= 4 is 11.5 Å². The Balaban J connectivity index is 3.16. The Morgan fingerprint density at radius 1 is 1.10 bits per heavy atom. The molecule has 2 nitrogen and oxygen atoms in total. The molecule has 0 N–H and O–H groups in total. The standard InChI is InChI=1S/C13H14F5NO/c1-3-19(4-2)10-7-5-6-9(8-10)11(20)12(14,15)13(16,17)18/h5-8H,3-4H2,1-2H3. The van der Waals surface area contributed by atoms with Gasteiger partial charge in [-0.1, -0.05) is 12.1 Å². The molecule has 0 heterocycles. The van der Waals surface area contributed by atoms with E-state index in [9.17, 15) is 26.7 Å². The lowest BCUT2D eigenvalue weighted by atomic mass is 10.0. The van der Waals surface area contributed by atoms with Crippen molar-refractivity contribution in [2.45, 2.75) is 25.9 Å². The summed E-state index contributed by atoms with van der Waals surface area (Å²) >= 11 is 0. The molecule has 0 aliphatic rings. The van der Waals surface area contributed by atoms with Crippen molar-refractivity contribution in [3.8, 4) is 0 Å². The number of nitrogens with zero attached hydrogens (tertiary/aromatic N) is 1. The first-order valence-corrected chi connectivity index (χ1v) is 5.99. The molecule has 0 aromatic heterocycles. The molecule has 20 heavy (non-hydrogen) atoms. The van der Waals surface area contributed by atoms with Crippen molar-refractivity contribution in [3.63, 3.8) is 0 Å². The highest BCUT2D eigenvalue weighted by atomic mass is 19.4. The third-order valence-electron chi connectivity index (χ3n) is 2.88. The van der Waals surface area contributed by atoms with Gasteiger partial charge in [-0.05, 0) is 26.0 Å². The molecule has 1 rings (SSSR count). The van der Waals surface area contributed by atoms with Crippen LogP contribution in [0.25, 0.3) is 0 Å². The van der Waals surface area contributed by atoms with Crippen molar-refractivity contribution in [1.29, 1.82) is 0 Å². The molecule has 0 unspecified atom stereocenters. The summed E-state index contributed by atoms with van der Waals surface area (Å²) in [7, 11) is 0. The molecule has 1 aromatic carbocycles. The molecule has 0 saturated heterocycles. The Kier molecular flexibility index (Phi) is 4.73. The molecule has 0 amide bonds. The minimum Gasteiger partial charge on any atom is -0.372 e. The first-order chi connectivity index (χ1) is 9.15. The SMILES string of the molecule is CCN(CC)c1cccc(C(=O)C(F)(F)C(F)(F)F)c1. The van der Waals surface area contributed by atoms with E-state index in [1.165, 1.54) is 6.07 Å². The summed E-state index contributed by atoms with van der Waals surface area (Å²) in [6.07, 6.45) is -5.89. The Morgan fingerprint density at radius 3 is 2.10 bits per heavy atom. The molecular weight excluding hydrogens is 281 g/mol. The third-order valence-corrected chi connectivity index (χ3v) is 2.88. The second kappa shape index (κ2) is 5.76. The van der Waals surface area contributed by atoms with Crippen molar-refractivity contribution in [3.05, 3.63) is 29.8 Å². The van der Waals surface area contributed by atoms with E-state index >= 15 is 0 Å². The zero-order valence-electron chi connectivity index (χ0n) is 11.0. The predicted molar refractivity (Wildman–Crippen MR) is 65.3 cm³/mol. The molecular formula is C13H14F5NO. The van der Waals surface area contributed by atoms with E-state index < -0.39 is 23.4 Å². The van der Waals surface area contributed by atoms with E-state index in [-0.39, 0.29) is 0 Å². The number of rotatable bonds is 5. The fourth-order valence-corrected chi connectivity index (χ4v) is 1.74. The van der Waals surface area contributed by atoms with Gasteiger partial charge in [0.1, 0.15) is 0 Å². The zero-order valence-corrected chi connectivity index (χ0v) is 11.0. The van der Waals surface area contributed by atoms with Gasteiger partial charge in [-0.25, -0.2) is 0 Å². The maximum atomic E-state index is 13.0. The van der Waals surface area contributed by atoms with E-state index in [1.54, 1.807) is 11.0 Å². The minimum atomic E-state index is -5.89. The monoisotopic (exact) mass is 295 g/mol. The average molecular weight is 295 g/mol. The van der Waals surface area contributed by atoms with Crippen LogP contribution in [0.1, 0.15) is 24.2 Å². The molecule has 0 atom stereocenters. The number of alkyl halides is 5. The van der Waals surface area contributed by atoms with Gasteiger partial charge in [-0.2, -0.15) is 22.0 Å². The number of carbonyl (C=O) groups is 1. The molecule has 0 aliphatic carbocycles. The van der Waals surface area contributed by atoms with Gasteiger partial charge in [0.15, 0.2) is 0 Å². The van der Waals surface area contributed by atoms with Crippen molar-refractivity contribution in [1.82, 2.24) is 0 Å². The predicted octanol–water partition coefficient (Wildman–Crippen LogP) is 3.91. The van der Waals surface area contributed by atoms with Gasteiger partial charge in [0.2, 0.25) is 5.78 Å². The fourth-order valence-electron chi connectivity index (χ4n) is 1.74. The van der Waals surface area contributed by atoms with E-state index in [0.717, 1.165) is 12.1 Å². The number of hydrogen-bond acceptors (Lipinski definition) is 2. The Morgan fingerprint density at radius 2 is 1.65 bits per heavy atom. The molecule has 0 fully saturated rings. The van der Waals surface area contributed by atoms with Gasteiger partial charge in [-0.15, -0.1) is 0 Å². The highest BCUT2D eigenvalue weighted by Crippen LogP contribution is 2.38. The largest absolute Gasteiger partial charge is 0.461 e. The van der Waals surface area contributed by atoms with Gasteiger partial charge < -0.3 is 4.90 Å². The van der Waals surface area contributed by atoms with Gasteiger partial charge in [0.25, 0.3) is 0 Å². The first kappa shape index (κ1) is 16.4. The van der Waals surface area contributed by atoms with Crippen LogP contribution in [0.4, 0.5) is 27.6 Å². The molecule has 7 heteroatoms. The molecule has 0 spiro atoms. The molecule has 0 radical (unpaired) electrons. The van der Waals surface area contributed by atoms with Crippen LogP contribution in [-0.4, -0.2) is 31.0 Å². The quantitative estimate of drug-likeness (QED) is 0.606. The number of ketones is 1. The van der Waals surface area contributed by atoms with Crippen molar-refractivity contribution in [2.24, 2.45) is 0 Å². The summed E-state index contributed by atoms with van der Waals surface area (Å²) in [5.41, 5.74) is -0.226. The molecule has 0 bridgehead atoms. The second-order valence-electron chi connectivity index (χ2n) is 4.12. The number of benzene rings is 1. The smallest absolute Gasteiger partial charge is 0.372 e. The number of halogens is 5. The number of Topliss-reactive ketones (excluding diaryl/α,β-unsaturated/α-hetero) is 1. The summed E-state index contributed by atoms with van der Waals surface area (Å²) in [6, 6.07) is 4.84. The number of hydrogen-bond donors (Lipinski definition) is 0. The van der Waals surface area contributed by atoms with Gasteiger partial charge in [0.05, 0.1) is 0 Å². The highest BCUT2D eigenvalue weighted by molar-refractivity contribution is 6.02. The summed E-state index contributed by atoms with van der Waals surface area (Å²) in [6.45, 7) is 4.71. The van der Waals surface area contributed by atoms with E-state index in [1.807, 2.05) is 13.8 Å². The number of anilines is 1. The molecule has 1 aromatic rings.